The molecule has 0 radical (unpaired) electrons. The van der Waals surface area contributed by atoms with Gasteiger partial charge in [0.25, 0.3) is 0 Å². The molecule has 6 nitrogen and oxygen atoms in total. The maximum absolute atomic E-state index is 13.1. The van der Waals surface area contributed by atoms with Crippen LogP contribution >= 0.6 is 0 Å². The van der Waals surface area contributed by atoms with E-state index in [2.05, 4.69) is 42.3 Å². The number of aromatic hydroxyl groups is 1. The quantitative estimate of drug-likeness (QED) is 0.0623. The summed E-state index contributed by atoms with van der Waals surface area (Å²) in [6.45, 7) is 7.63. The Balaban J connectivity index is 1.97. The maximum Gasteiger partial charge on any atom is 0.189 e. The molecule has 0 saturated carbocycles. The van der Waals surface area contributed by atoms with Crippen LogP contribution in [0.1, 0.15) is 73.9 Å². The normalized spacial score (nSPS) is 12.0. The van der Waals surface area contributed by atoms with Crippen LogP contribution in [0.15, 0.2) is 54.1 Å². The predicted octanol–water partition coefficient (Wildman–Crippen LogP) is 7.31. The summed E-state index contributed by atoms with van der Waals surface area (Å²) in [5, 5.41) is 11.1. The Hall–Kier alpha value is -3.09. The number of carbonyl (C=O) groups excluding carboxylic acids is 1. The van der Waals surface area contributed by atoms with Crippen molar-refractivity contribution >= 4 is 11.9 Å². The zero-order chi connectivity index (χ0) is 31.2. The second-order valence-electron chi connectivity index (χ2n) is 13.5. The minimum atomic E-state index is -0.244. The summed E-state index contributed by atoms with van der Waals surface area (Å²) >= 11 is 0. The van der Waals surface area contributed by atoms with Gasteiger partial charge in [-0.15, -0.1) is 0 Å². The van der Waals surface area contributed by atoms with Gasteiger partial charge < -0.3 is 23.5 Å². The third-order valence-electron chi connectivity index (χ3n) is 7.00. The highest BCUT2D eigenvalue weighted by Crippen LogP contribution is 2.33. The second kappa shape index (κ2) is 17.1. The largest absolute Gasteiger partial charge is 0.507 e. The number of phenolic OH excluding ortho intramolecular Hbond substituents is 1. The summed E-state index contributed by atoms with van der Waals surface area (Å²) in [6, 6.07) is 11.2. The number of benzene rings is 2. The van der Waals surface area contributed by atoms with Crippen molar-refractivity contribution in [3.8, 4) is 17.2 Å². The molecule has 2 aromatic rings. The fourth-order valence-electron chi connectivity index (χ4n) is 4.49. The summed E-state index contributed by atoms with van der Waals surface area (Å²) in [4.78, 5) is 13.1. The molecule has 0 atom stereocenters. The molecule has 0 fully saturated rings. The van der Waals surface area contributed by atoms with Gasteiger partial charge in [0.15, 0.2) is 5.78 Å². The molecule has 0 aliphatic carbocycles. The Bertz CT molecular complexity index is 1160. The van der Waals surface area contributed by atoms with Crippen LogP contribution in [0.3, 0.4) is 0 Å². The van der Waals surface area contributed by atoms with Crippen LogP contribution in [0.2, 0.25) is 0 Å². The molecule has 2 aromatic carbocycles. The fraction of sp³-hybridized carbons (Fsp3) is 0.528. The number of quaternary nitrogens is 2. The third kappa shape index (κ3) is 14.2. The van der Waals surface area contributed by atoms with Crippen LogP contribution in [0, 0.1) is 0 Å². The van der Waals surface area contributed by atoms with Gasteiger partial charge in [-0.25, -0.2) is 0 Å². The smallest absolute Gasteiger partial charge is 0.189 e. The summed E-state index contributed by atoms with van der Waals surface area (Å²) in [5.74, 6) is 1.22. The van der Waals surface area contributed by atoms with E-state index in [1.807, 2.05) is 50.3 Å². The molecule has 232 valence electrons. The molecule has 0 aromatic heterocycles. The fourth-order valence-corrected chi connectivity index (χ4v) is 4.49. The van der Waals surface area contributed by atoms with E-state index in [1.165, 1.54) is 19.0 Å². The first-order valence-electron chi connectivity index (χ1n) is 15.4. The monoisotopic (exact) mass is 580 g/mol. The van der Waals surface area contributed by atoms with Crippen LogP contribution in [-0.2, 0) is 6.42 Å². The molecule has 0 aliphatic heterocycles. The van der Waals surface area contributed by atoms with E-state index < -0.39 is 0 Å². The molecule has 6 heteroatoms. The van der Waals surface area contributed by atoms with Crippen molar-refractivity contribution in [1.82, 2.24) is 0 Å². The molecule has 0 heterocycles. The first kappa shape index (κ1) is 35.1. The van der Waals surface area contributed by atoms with Gasteiger partial charge in [0.05, 0.1) is 74.2 Å². The Morgan fingerprint density at radius 2 is 1.33 bits per heavy atom. The zero-order valence-corrected chi connectivity index (χ0v) is 27.5. The van der Waals surface area contributed by atoms with E-state index in [0.29, 0.717) is 30.9 Å². The number of rotatable bonds is 19. The zero-order valence-electron chi connectivity index (χ0n) is 27.5. The van der Waals surface area contributed by atoms with E-state index in [4.69, 9.17) is 9.47 Å². The number of allylic oxidation sites excluding steroid dienone is 3. The molecule has 1 N–H and O–H groups in total. The average Bonchev–Trinajstić information content (AvgIpc) is 2.90. The van der Waals surface area contributed by atoms with Gasteiger partial charge >= 0.3 is 0 Å². The highest BCUT2D eigenvalue weighted by molar-refractivity contribution is 6.09. The Morgan fingerprint density at radius 1 is 0.762 bits per heavy atom. The number of unbranched alkanes of at least 4 members (excludes halogenated alkanes) is 4. The summed E-state index contributed by atoms with van der Waals surface area (Å²) < 4.78 is 13.9. The highest BCUT2D eigenvalue weighted by Gasteiger charge is 2.17. The van der Waals surface area contributed by atoms with Gasteiger partial charge in [-0.3, -0.25) is 4.79 Å². The van der Waals surface area contributed by atoms with Crippen molar-refractivity contribution in [1.29, 1.82) is 0 Å². The summed E-state index contributed by atoms with van der Waals surface area (Å²) in [7, 11) is 13.3. The third-order valence-corrected chi connectivity index (χ3v) is 7.00. The standard InChI is InChI=1S/C36H55N2O4/c1-29(2)15-21-33-35(42-28-14-10-12-26-38(6,7)8)24-22-32(36(33)40)34(39)23-18-30-16-19-31(20-17-30)41-27-13-9-11-25-37(3,4)5/h15-20,22-24H,9-14,21,25-28H2,1-8H3/q+1/p+1/b23-18+. The number of ether oxygens (including phenoxy) is 2. The minimum absolute atomic E-state index is 0.00474. The lowest BCUT2D eigenvalue weighted by Crippen LogP contribution is -2.35. The molecule has 0 bridgehead atoms. The van der Waals surface area contributed by atoms with Gasteiger partial charge in [-0.1, -0.05) is 29.9 Å². The SMILES string of the molecule is CC(C)=CCc1c(OCCCCC[N+](C)(C)C)ccc(C(=O)/C=C/c2ccc(OCCCCC[N+](C)(C)C)cc2)c1O. The number of nitrogens with zero attached hydrogens (tertiary/aromatic N) is 2. The predicted molar refractivity (Wildman–Crippen MR) is 176 cm³/mol. The Kier molecular flexibility index (Phi) is 14.3. The average molecular weight is 581 g/mol. The number of ketones is 1. The van der Waals surface area contributed by atoms with Crippen LogP contribution in [-0.4, -0.2) is 88.4 Å². The second-order valence-corrected chi connectivity index (χ2v) is 13.5. The van der Waals surface area contributed by atoms with E-state index in [-0.39, 0.29) is 17.1 Å². The molecule has 0 spiro atoms. The maximum atomic E-state index is 13.1. The van der Waals surface area contributed by atoms with Crippen LogP contribution in [0.4, 0.5) is 0 Å². The highest BCUT2D eigenvalue weighted by atomic mass is 16.5. The van der Waals surface area contributed by atoms with Crippen molar-refractivity contribution < 1.29 is 28.3 Å². The molecular weight excluding hydrogens is 524 g/mol. The molecule has 0 unspecified atom stereocenters. The molecule has 0 amide bonds. The van der Waals surface area contributed by atoms with Crippen molar-refractivity contribution in [2.75, 3.05) is 68.6 Å². The summed E-state index contributed by atoms with van der Waals surface area (Å²) in [6.07, 6.45) is 12.4. The number of phenols is 1. The van der Waals surface area contributed by atoms with Crippen LogP contribution in [0.5, 0.6) is 17.2 Å². The van der Waals surface area contributed by atoms with Gasteiger partial charge in [-0.05, 0) is 94.7 Å². The van der Waals surface area contributed by atoms with Gasteiger partial charge in [0, 0.05) is 5.56 Å². The van der Waals surface area contributed by atoms with Crippen molar-refractivity contribution in [3.63, 3.8) is 0 Å². The van der Waals surface area contributed by atoms with E-state index in [0.717, 1.165) is 64.5 Å². The molecule has 2 rings (SSSR count). The summed E-state index contributed by atoms with van der Waals surface area (Å²) in [5.41, 5.74) is 2.97. The topological polar surface area (TPSA) is 55.8 Å². The van der Waals surface area contributed by atoms with Crippen molar-refractivity contribution in [2.24, 2.45) is 0 Å². The lowest BCUT2D eigenvalue weighted by atomic mass is 10.00. The molecule has 0 aliphatic rings. The van der Waals surface area contributed by atoms with Gasteiger partial charge in [-0.2, -0.15) is 0 Å². The number of carbonyl (C=O) groups is 1. The van der Waals surface area contributed by atoms with E-state index >= 15 is 0 Å². The Labute approximate surface area is 255 Å². The van der Waals surface area contributed by atoms with Crippen LogP contribution in [0.25, 0.3) is 6.08 Å². The van der Waals surface area contributed by atoms with Gasteiger partial charge in [0.1, 0.15) is 17.2 Å². The van der Waals surface area contributed by atoms with E-state index in [9.17, 15) is 9.90 Å². The van der Waals surface area contributed by atoms with E-state index in [1.54, 1.807) is 12.1 Å². The van der Waals surface area contributed by atoms with Crippen LogP contribution < -0.4 is 9.47 Å². The first-order chi connectivity index (χ1) is 19.7. The Morgan fingerprint density at radius 3 is 1.88 bits per heavy atom. The lowest BCUT2D eigenvalue weighted by molar-refractivity contribution is -0.870. The minimum Gasteiger partial charge on any atom is -0.507 e. The van der Waals surface area contributed by atoms with Gasteiger partial charge in [0.2, 0.25) is 0 Å². The first-order valence-corrected chi connectivity index (χ1v) is 15.4. The van der Waals surface area contributed by atoms with Crippen molar-refractivity contribution in [2.45, 2.75) is 58.8 Å². The lowest BCUT2D eigenvalue weighted by Gasteiger charge is -2.23. The molecule has 0 saturated heterocycles. The van der Waals surface area contributed by atoms with Crippen molar-refractivity contribution in [3.05, 3.63) is 70.8 Å². The number of hydrogen-bond acceptors (Lipinski definition) is 4. The number of hydrogen-bond donors (Lipinski definition) is 1. The molecular formula is C36H56N2O4+2. The molecule has 42 heavy (non-hydrogen) atoms.